The normalized spacial score (nSPS) is 14.7. The largest absolute Gasteiger partial charge is 0.385 e. The fourth-order valence-corrected chi connectivity index (χ4v) is 2.45. The van der Waals surface area contributed by atoms with Gasteiger partial charge in [0.15, 0.2) is 0 Å². The van der Waals surface area contributed by atoms with E-state index in [0.29, 0.717) is 19.6 Å². The molecule has 0 atom stereocenters. The molecule has 1 aliphatic rings. The van der Waals surface area contributed by atoms with Crippen LogP contribution < -0.4 is 10.6 Å². The van der Waals surface area contributed by atoms with E-state index in [2.05, 4.69) is 15.5 Å². The number of hydrogen-bond donors (Lipinski definition) is 2. The fraction of sp³-hybridized carbons (Fsp3) is 0.533. The Morgan fingerprint density at radius 2 is 1.86 bits per heavy atom. The van der Waals surface area contributed by atoms with Gasteiger partial charge in [0.25, 0.3) is 5.69 Å². The summed E-state index contributed by atoms with van der Waals surface area (Å²) in [4.78, 5) is 24.0. The van der Waals surface area contributed by atoms with Gasteiger partial charge in [-0.2, -0.15) is 0 Å². The maximum atomic E-state index is 11.7. The van der Waals surface area contributed by atoms with Gasteiger partial charge in [-0.05, 0) is 44.5 Å². The second-order valence-corrected chi connectivity index (χ2v) is 5.42. The van der Waals surface area contributed by atoms with E-state index in [4.69, 9.17) is 0 Å². The number of amides is 1. The Balaban J connectivity index is 1.56. The lowest BCUT2D eigenvalue weighted by molar-refractivity contribution is -0.384. The third-order valence-corrected chi connectivity index (χ3v) is 3.65. The summed E-state index contributed by atoms with van der Waals surface area (Å²) in [6.45, 7) is 3.88. The van der Waals surface area contributed by atoms with Gasteiger partial charge in [-0.1, -0.05) is 0 Å². The molecule has 0 aliphatic carbocycles. The van der Waals surface area contributed by atoms with Crippen molar-refractivity contribution in [1.29, 1.82) is 0 Å². The number of carbonyl (C=O) groups excluding carboxylic acids is 1. The van der Waals surface area contributed by atoms with Crippen molar-refractivity contribution in [2.24, 2.45) is 0 Å². The molecule has 1 aromatic carbocycles. The van der Waals surface area contributed by atoms with Gasteiger partial charge in [0.2, 0.25) is 5.91 Å². The van der Waals surface area contributed by atoms with E-state index in [-0.39, 0.29) is 11.6 Å². The van der Waals surface area contributed by atoms with Crippen molar-refractivity contribution >= 4 is 17.3 Å². The third-order valence-electron chi connectivity index (χ3n) is 3.65. The smallest absolute Gasteiger partial charge is 0.269 e. The number of likely N-dealkylation sites (tertiary alicyclic amines) is 1. The van der Waals surface area contributed by atoms with Crippen LogP contribution in [0.4, 0.5) is 11.4 Å². The molecule has 22 heavy (non-hydrogen) atoms. The molecule has 2 rings (SSSR count). The highest BCUT2D eigenvalue weighted by molar-refractivity contribution is 5.78. The summed E-state index contributed by atoms with van der Waals surface area (Å²) in [6, 6.07) is 6.31. The van der Waals surface area contributed by atoms with Gasteiger partial charge in [0.05, 0.1) is 11.5 Å². The number of carbonyl (C=O) groups is 1. The zero-order valence-corrected chi connectivity index (χ0v) is 12.6. The standard InChI is InChI=1S/C15H22N4O3/c20-15(12-18-10-1-2-11-18)17-9-3-8-16-13-4-6-14(7-5-13)19(21)22/h4-7,16H,1-3,8-12H2,(H,17,20). The monoisotopic (exact) mass is 306 g/mol. The van der Waals surface area contributed by atoms with E-state index in [1.54, 1.807) is 12.1 Å². The van der Waals surface area contributed by atoms with E-state index >= 15 is 0 Å². The number of nitrogens with zero attached hydrogens (tertiary/aromatic N) is 2. The number of nitrogens with one attached hydrogen (secondary N) is 2. The Bertz CT molecular complexity index is 498. The molecule has 1 aliphatic heterocycles. The van der Waals surface area contributed by atoms with Crippen molar-refractivity contribution in [3.63, 3.8) is 0 Å². The highest BCUT2D eigenvalue weighted by atomic mass is 16.6. The van der Waals surface area contributed by atoms with Gasteiger partial charge in [0, 0.05) is 30.9 Å². The van der Waals surface area contributed by atoms with Crippen LogP contribution in [0.25, 0.3) is 0 Å². The number of benzene rings is 1. The first-order chi connectivity index (χ1) is 10.6. The molecule has 0 saturated carbocycles. The summed E-state index contributed by atoms with van der Waals surface area (Å²) in [7, 11) is 0. The third kappa shape index (κ3) is 5.33. The molecule has 0 spiro atoms. The Morgan fingerprint density at radius 1 is 1.18 bits per heavy atom. The molecule has 1 amide bonds. The van der Waals surface area contributed by atoms with Crippen LogP contribution in [0.5, 0.6) is 0 Å². The van der Waals surface area contributed by atoms with E-state index in [0.717, 1.165) is 25.2 Å². The maximum absolute atomic E-state index is 11.7. The maximum Gasteiger partial charge on any atom is 0.269 e. The summed E-state index contributed by atoms with van der Waals surface area (Å²) in [6.07, 6.45) is 3.18. The average molecular weight is 306 g/mol. The first-order valence-electron chi connectivity index (χ1n) is 7.62. The lowest BCUT2D eigenvalue weighted by Gasteiger charge is -2.14. The lowest BCUT2D eigenvalue weighted by atomic mass is 10.3. The zero-order chi connectivity index (χ0) is 15.8. The minimum Gasteiger partial charge on any atom is -0.385 e. The van der Waals surface area contributed by atoms with Crippen molar-refractivity contribution < 1.29 is 9.72 Å². The minimum atomic E-state index is -0.417. The quantitative estimate of drug-likeness (QED) is 0.433. The predicted molar refractivity (Wildman–Crippen MR) is 84.9 cm³/mol. The van der Waals surface area contributed by atoms with Gasteiger partial charge in [0.1, 0.15) is 0 Å². The van der Waals surface area contributed by atoms with Crippen LogP contribution in [-0.4, -0.2) is 48.5 Å². The molecule has 0 radical (unpaired) electrons. The molecule has 1 fully saturated rings. The topological polar surface area (TPSA) is 87.5 Å². The lowest BCUT2D eigenvalue weighted by Crippen LogP contribution is -2.36. The number of anilines is 1. The summed E-state index contributed by atoms with van der Waals surface area (Å²) < 4.78 is 0. The molecule has 120 valence electrons. The van der Waals surface area contributed by atoms with E-state index in [9.17, 15) is 14.9 Å². The molecule has 2 N–H and O–H groups in total. The first-order valence-corrected chi connectivity index (χ1v) is 7.62. The van der Waals surface area contributed by atoms with E-state index in [1.165, 1.54) is 25.0 Å². The van der Waals surface area contributed by atoms with Crippen molar-refractivity contribution in [2.45, 2.75) is 19.3 Å². The van der Waals surface area contributed by atoms with Crippen LogP contribution in [0, 0.1) is 10.1 Å². The number of nitro benzene ring substituents is 1. The summed E-state index contributed by atoms with van der Waals surface area (Å²) >= 11 is 0. The summed E-state index contributed by atoms with van der Waals surface area (Å²) in [5.41, 5.74) is 0.925. The van der Waals surface area contributed by atoms with Gasteiger partial charge in [-0.3, -0.25) is 19.8 Å². The molecule has 0 aromatic heterocycles. The fourth-order valence-electron chi connectivity index (χ4n) is 2.45. The van der Waals surface area contributed by atoms with Gasteiger partial charge < -0.3 is 10.6 Å². The molecular formula is C15H22N4O3. The van der Waals surface area contributed by atoms with Crippen molar-refractivity contribution in [1.82, 2.24) is 10.2 Å². The number of hydrogen-bond acceptors (Lipinski definition) is 5. The van der Waals surface area contributed by atoms with E-state index < -0.39 is 4.92 Å². The van der Waals surface area contributed by atoms with Crippen molar-refractivity contribution in [2.75, 3.05) is 38.0 Å². The van der Waals surface area contributed by atoms with Crippen LogP contribution in [0.2, 0.25) is 0 Å². The van der Waals surface area contributed by atoms with Crippen molar-refractivity contribution in [3.8, 4) is 0 Å². The number of rotatable bonds is 8. The molecule has 1 aromatic rings. The van der Waals surface area contributed by atoms with E-state index in [1.807, 2.05) is 0 Å². The molecule has 1 saturated heterocycles. The average Bonchev–Trinajstić information content (AvgIpc) is 3.00. The minimum absolute atomic E-state index is 0.0808. The number of nitro groups is 1. The molecule has 0 bridgehead atoms. The Kier molecular flexibility index (Phi) is 6.14. The van der Waals surface area contributed by atoms with Gasteiger partial charge >= 0.3 is 0 Å². The number of non-ortho nitro benzene ring substituents is 1. The SMILES string of the molecule is O=C(CN1CCCC1)NCCCNc1ccc([N+](=O)[O-])cc1. The first kappa shape index (κ1) is 16.2. The van der Waals surface area contributed by atoms with Crippen LogP contribution in [0.1, 0.15) is 19.3 Å². The highest BCUT2D eigenvalue weighted by Crippen LogP contribution is 2.15. The summed E-state index contributed by atoms with van der Waals surface area (Å²) in [5, 5.41) is 16.6. The highest BCUT2D eigenvalue weighted by Gasteiger charge is 2.14. The van der Waals surface area contributed by atoms with Crippen LogP contribution in [-0.2, 0) is 4.79 Å². The van der Waals surface area contributed by atoms with Crippen LogP contribution >= 0.6 is 0 Å². The predicted octanol–water partition coefficient (Wildman–Crippen LogP) is 1.61. The Labute approximate surface area is 129 Å². The molecule has 0 unspecified atom stereocenters. The molecule has 7 nitrogen and oxygen atoms in total. The van der Waals surface area contributed by atoms with Crippen molar-refractivity contribution in [3.05, 3.63) is 34.4 Å². The molecule has 7 heteroatoms. The van der Waals surface area contributed by atoms with Gasteiger partial charge in [-0.15, -0.1) is 0 Å². The Hall–Kier alpha value is -2.15. The molecular weight excluding hydrogens is 284 g/mol. The van der Waals surface area contributed by atoms with Gasteiger partial charge in [-0.25, -0.2) is 0 Å². The molecule has 1 heterocycles. The van der Waals surface area contributed by atoms with Crippen LogP contribution in [0.15, 0.2) is 24.3 Å². The second-order valence-electron chi connectivity index (χ2n) is 5.42. The zero-order valence-electron chi connectivity index (χ0n) is 12.6. The van der Waals surface area contributed by atoms with Crippen LogP contribution in [0.3, 0.4) is 0 Å². The summed E-state index contributed by atoms with van der Waals surface area (Å²) in [5.74, 6) is 0.0808. The second kappa shape index (κ2) is 8.33. The Morgan fingerprint density at radius 3 is 2.50 bits per heavy atom.